The van der Waals surface area contributed by atoms with Crippen LogP contribution in [0, 0.1) is 0 Å². The van der Waals surface area contributed by atoms with Gasteiger partial charge in [-0.3, -0.25) is 24.0 Å². The number of thiophene rings is 1. The van der Waals surface area contributed by atoms with Gasteiger partial charge in [0.15, 0.2) is 12.2 Å². The Hall–Kier alpha value is -3.48. The molecule has 37 heavy (non-hydrogen) atoms. The van der Waals surface area contributed by atoms with Gasteiger partial charge in [-0.15, -0.1) is 11.3 Å². The first kappa shape index (κ1) is 29.7. The normalized spacial score (nSPS) is 14.7. The van der Waals surface area contributed by atoms with Crippen LogP contribution in [0.2, 0.25) is 0 Å². The third-order valence-electron chi connectivity index (χ3n) is 5.17. The third-order valence-corrected chi connectivity index (χ3v) is 6.38. The average molecular weight is 542 g/mol. The molecule has 0 bridgehead atoms. The van der Waals surface area contributed by atoms with E-state index in [-0.39, 0.29) is 17.2 Å². The van der Waals surface area contributed by atoms with Crippen LogP contribution < -0.4 is 5.32 Å². The minimum atomic E-state index is -1.82. The molecule has 3 atom stereocenters. The minimum Gasteiger partial charge on any atom is -0.462 e. The van der Waals surface area contributed by atoms with Crippen LogP contribution in [-0.2, 0) is 60.5 Å². The summed E-state index contributed by atoms with van der Waals surface area (Å²) in [6, 6.07) is 0. The molecule has 1 aromatic heterocycles. The predicted molar refractivity (Wildman–Crippen MR) is 129 cm³/mol. The van der Waals surface area contributed by atoms with Crippen LogP contribution in [0.15, 0.2) is 0 Å². The van der Waals surface area contributed by atoms with Gasteiger partial charge in [0.05, 0.1) is 12.2 Å². The molecule has 1 N–H and O–H groups in total. The number of carbonyl (C=O) groups excluding carboxylic acids is 6. The van der Waals surface area contributed by atoms with Crippen LogP contribution in [-0.4, -0.2) is 67.3 Å². The fourth-order valence-corrected chi connectivity index (χ4v) is 5.12. The highest BCUT2D eigenvalue weighted by atomic mass is 32.1. The van der Waals surface area contributed by atoms with Gasteiger partial charge in [0, 0.05) is 32.6 Å². The summed E-state index contributed by atoms with van der Waals surface area (Å²) in [5, 5.41) is 2.79. The number of fused-ring (bicyclic) bond motifs is 1. The van der Waals surface area contributed by atoms with Gasteiger partial charge in [-0.05, 0) is 38.2 Å². The van der Waals surface area contributed by atoms with E-state index in [4.69, 9.17) is 23.7 Å². The molecule has 12 nitrogen and oxygen atoms in total. The first-order valence-electron chi connectivity index (χ1n) is 11.7. The van der Waals surface area contributed by atoms with Crippen LogP contribution >= 0.6 is 11.3 Å². The number of nitrogens with one attached hydrogen (secondary N) is 1. The van der Waals surface area contributed by atoms with Gasteiger partial charge in [0.1, 0.15) is 11.6 Å². The minimum absolute atomic E-state index is 0.127. The molecule has 0 unspecified atom stereocenters. The van der Waals surface area contributed by atoms with E-state index in [0.717, 1.165) is 57.4 Å². The zero-order valence-electron chi connectivity index (χ0n) is 21.4. The summed E-state index contributed by atoms with van der Waals surface area (Å²) in [4.78, 5) is 74.1. The Labute approximate surface area is 217 Å². The van der Waals surface area contributed by atoms with Crippen molar-refractivity contribution in [3.8, 4) is 0 Å². The summed E-state index contributed by atoms with van der Waals surface area (Å²) in [6.07, 6.45) is -1.83. The number of rotatable bonds is 11. The molecule has 13 heteroatoms. The van der Waals surface area contributed by atoms with E-state index in [9.17, 15) is 28.8 Å². The SMILES string of the molecule is CCOC(=O)c1c(NC(=O)[C@@H](OC(C)=O)[C@H](OC(C)=O)[C@H](COC(C)=O)OC(C)=O)sc2c1CCCC2. The summed E-state index contributed by atoms with van der Waals surface area (Å²) in [5.41, 5.74) is 1.01. The smallest absolute Gasteiger partial charge is 0.341 e. The third kappa shape index (κ3) is 8.55. The van der Waals surface area contributed by atoms with E-state index < -0.39 is 60.7 Å². The van der Waals surface area contributed by atoms with Gasteiger partial charge < -0.3 is 29.0 Å². The molecular formula is C24H31NO11S. The molecule has 1 aliphatic rings. The van der Waals surface area contributed by atoms with Crippen LogP contribution in [0.5, 0.6) is 0 Å². The Morgan fingerprint density at radius 3 is 2.03 bits per heavy atom. The second kappa shape index (κ2) is 13.7. The van der Waals surface area contributed by atoms with E-state index >= 15 is 0 Å². The number of carbonyl (C=O) groups is 6. The van der Waals surface area contributed by atoms with Crippen molar-refractivity contribution in [1.29, 1.82) is 0 Å². The first-order chi connectivity index (χ1) is 17.4. The van der Waals surface area contributed by atoms with Crippen LogP contribution in [0.25, 0.3) is 0 Å². The second-order valence-corrected chi connectivity index (χ2v) is 9.28. The molecule has 0 radical (unpaired) electrons. The number of hydrogen-bond donors (Lipinski definition) is 1. The molecule has 0 aromatic carbocycles. The van der Waals surface area contributed by atoms with E-state index in [0.29, 0.717) is 6.42 Å². The maximum absolute atomic E-state index is 13.5. The molecule has 0 aliphatic heterocycles. The van der Waals surface area contributed by atoms with Crippen LogP contribution in [0.3, 0.4) is 0 Å². The van der Waals surface area contributed by atoms with E-state index in [1.54, 1.807) is 6.92 Å². The Morgan fingerprint density at radius 1 is 0.838 bits per heavy atom. The number of ether oxygens (including phenoxy) is 5. The van der Waals surface area contributed by atoms with Gasteiger partial charge >= 0.3 is 29.8 Å². The standard InChI is InChI=1S/C24H31NO11S/c1-6-32-24(31)19-16-9-7-8-10-18(16)37-23(19)25-22(30)21(36-15(5)29)20(35-14(4)28)17(34-13(3)27)11-33-12(2)26/h17,20-21H,6-11H2,1-5H3,(H,25,30)/t17-,20+,21-/m0/s1. The Kier molecular flexibility index (Phi) is 11.0. The number of aryl methyl sites for hydroxylation is 1. The topological polar surface area (TPSA) is 161 Å². The van der Waals surface area contributed by atoms with Gasteiger partial charge in [0.25, 0.3) is 5.91 Å². The van der Waals surface area contributed by atoms with E-state index in [1.165, 1.54) is 11.3 Å². The molecule has 1 aliphatic carbocycles. The van der Waals surface area contributed by atoms with Gasteiger partial charge in [0.2, 0.25) is 6.10 Å². The van der Waals surface area contributed by atoms with E-state index in [1.807, 2.05) is 0 Å². The van der Waals surface area contributed by atoms with Gasteiger partial charge in [-0.2, -0.15) is 0 Å². The lowest BCUT2D eigenvalue weighted by Gasteiger charge is -2.30. The summed E-state index contributed by atoms with van der Waals surface area (Å²) in [7, 11) is 0. The quantitative estimate of drug-likeness (QED) is 0.323. The lowest BCUT2D eigenvalue weighted by Crippen LogP contribution is -2.52. The zero-order valence-corrected chi connectivity index (χ0v) is 22.2. The molecule has 204 valence electrons. The maximum atomic E-state index is 13.5. The summed E-state index contributed by atoms with van der Waals surface area (Å²) in [6.45, 7) is 5.45. The van der Waals surface area contributed by atoms with Crippen molar-refractivity contribution < 1.29 is 52.5 Å². The van der Waals surface area contributed by atoms with Crippen molar-refractivity contribution in [3.05, 3.63) is 16.0 Å². The zero-order chi connectivity index (χ0) is 27.7. The molecule has 0 fully saturated rings. The Balaban J connectivity index is 2.49. The van der Waals surface area contributed by atoms with Crippen molar-refractivity contribution in [3.63, 3.8) is 0 Å². The van der Waals surface area contributed by atoms with Crippen LogP contribution in [0.1, 0.15) is 68.3 Å². The maximum Gasteiger partial charge on any atom is 0.341 e. The Bertz CT molecular complexity index is 1050. The number of amides is 1. The molecule has 1 heterocycles. The molecule has 0 spiro atoms. The fraction of sp³-hybridized carbons (Fsp3) is 0.583. The summed E-state index contributed by atoms with van der Waals surface area (Å²) in [5.74, 6) is -4.89. The van der Waals surface area contributed by atoms with Crippen LogP contribution in [0.4, 0.5) is 5.00 Å². The first-order valence-corrected chi connectivity index (χ1v) is 12.5. The van der Waals surface area contributed by atoms with Crippen molar-refractivity contribution in [2.24, 2.45) is 0 Å². The predicted octanol–water partition coefficient (Wildman–Crippen LogP) is 2.10. The number of anilines is 1. The lowest BCUT2D eigenvalue weighted by atomic mass is 9.95. The molecule has 2 rings (SSSR count). The summed E-state index contributed by atoms with van der Waals surface area (Å²) < 4.78 is 25.7. The van der Waals surface area contributed by atoms with Gasteiger partial charge in [-0.1, -0.05) is 0 Å². The average Bonchev–Trinajstić information content (AvgIpc) is 3.16. The fourth-order valence-electron chi connectivity index (χ4n) is 3.84. The highest BCUT2D eigenvalue weighted by Crippen LogP contribution is 2.39. The van der Waals surface area contributed by atoms with Gasteiger partial charge in [-0.25, -0.2) is 4.79 Å². The van der Waals surface area contributed by atoms with Crippen molar-refractivity contribution in [2.75, 3.05) is 18.5 Å². The second-order valence-electron chi connectivity index (χ2n) is 8.18. The molecule has 1 amide bonds. The van der Waals surface area contributed by atoms with Crippen molar-refractivity contribution in [1.82, 2.24) is 0 Å². The lowest BCUT2D eigenvalue weighted by molar-refractivity contribution is -0.190. The number of hydrogen-bond acceptors (Lipinski definition) is 12. The largest absolute Gasteiger partial charge is 0.462 e. The van der Waals surface area contributed by atoms with E-state index in [2.05, 4.69) is 5.32 Å². The van der Waals surface area contributed by atoms with Crippen molar-refractivity contribution >= 4 is 52.1 Å². The number of esters is 5. The van der Waals surface area contributed by atoms with Crippen molar-refractivity contribution in [2.45, 2.75) is 78.6 Å². The highest BCUT2D eigenvalue weighted by Gasteiger charge is 2.43. The summed E-state index contributed by atoms with van der Waals surface area (Å²) >= 11 is 1.20. The molecule has 1 aromatic rings. The monoisotopic (exact) mass is 541 g/mol. The molecule has 0 saturated heterocycles. The highest BCUT2D eigenvalue weighted by molar-refractivity contribution is 7.17. The molecular weight excluding hydrogens is 510 g/mol. The molecule has 0 saturated carbocycles. The Morgan fingerprint density at radius 2 is 1.46 bits per heavy atom.